The fourth-order valence-electron chi connectivity index (χ4n) is 4.66. The molecule has 128 valence electrons. The monoisotopic (exact) mass is 353 g/mol. The Hall–Kier alpha value is -2.58. The molecule has 1 aliphatic rings. The van der Waals surface area contributed by atoms with Crippen LogP contribution in [0.3, 0.4) is 0 Å². The SMILES string of the molecule is CC[Si@@]1(C)c2ccccc2-c2c1n(-c1ccc(C)cc1)c1ccccc21. The van der Waals surface area contributed by atoms with E-state index < -0.39 is 8.07 Å². The van der Waals surface area contributed by atoms with Gasteiger partial charge in [-0.3, -0.25) is 0 Å². The summed E-state index contributed by atoms with van der Waals surface area (Å²) in [5, 5.41) is 4.56. The number of nitrogens with zero attached hydrogens (tertiary/aromatic N) is 1. The summed E-state index contributed by atoms with van der Waals surface area (Å²) in [6, 6.07) is 28.2. The molecule has 0 saturated carbocycles. The van der Waals surface area contributed by atoms with Crippen molar-refractivity contribution in [2.24, 2.45) is 0 Å². The summed E-state index contributed by atoms with van der Waals surface area (Å²) in [5.74, 6) is 0. The third-order valence-corrected chi connectivity index (χ3v) is 10.7. The van der Waals surface area contributed by atoms with Gasteiger partial charge in [-0.2, -0.15) is 0 Å². The highest BCUT2D eigenvalue weighted by Crippen LogP contribution is 2.38. The molecule has 1 nitrogen and oxygen atoms in total. The van der Waals surface area contributed by atoms with Crippen LogP contribution in [0.4, 0.5) is 0 Å². The summed E-state index contributed by atoms with van der Waals surface area (Å²) in [7, 11) is -1.76. The van der Waals surface area contributed by atoms with E-state index in [2.05, 4.69) is 97.8 Å². The van der Waals surface area contributed by atoms with Crippen molar-refractivity contribution in [1.29, 1.82) is 0 Å². The van der Waals surface area contributed by atoms with Gasteiger partial charge in [-0.05, 0) is 35.9 Å². The Balaban J connectivity index is 1.97. The van der Waals surface area contributed by atoms with Gasteiger partial charge in [0.25, 0.3) is 0 Å². The van der Waals surface area contributed by atoms with Gasteiger partial charge >= 0.3 is 0 Å². The molecule has 3 aromatic carbocycles. The fraction of sp³-hybridized carbons (Fsp3) is 0.167. The summed E-state index contributed by atoms with van der Waals surface area (Å²) in [5.41, 5.74) is 6.87. The van der Waals surface area contributed by atoms with Crippen LogP contribution in [-0.4, -0.2) is 12.6 Å². The van der Waals surface area contributed by atoms with Gasteiger partial charge in [0.05, 0.1) is 5.52 Å². The molecule has 0 bridgehead atoms. The van der Waals surface area contributed by atoms with E-state index in [1.54, 1.807) is 10.5 Å². The smallest absolute Gasteiger partial charge is 0.137 e. The van der Waals surface area contributed by atoms with Gasteiger partial charge in [0.2, 0.25) is 0 Å². The minimum atomic E-state index is -1.76. The maximum absolute atomic E-state index is 2.56. The lowest BCUT2D eigenvalue weighted by Crippen LogP contribution is -2.54. The number of para-hydroxylation sites is 1. The normalized spacial score (nSPS) is 18.1. The van der Waals surface area contributed by atoms with E-state index in [1.807, 2.05) is 0 Å². The van der Waals surface area contributed by atoms with E-state index in [1.165, 1.54) is 39.3 Å². The Morgan fingerprint density at radius 1 is 0.846 bits per heavy atom. The molecule has 0 radical (unpaired) electrons. The second-order valence-electron chi connectivity index (χ2n) is 7.64. The Labute approximate surface area is 155 Å². The molecular formula is C24H23NSi. The zero-order valence-electron chi connectivity index (χ0n) is 15.6. The van der Waals surface area contributed by atoms with Crippen molar-refractivity contribution in [2.75, 3.05) is 0 Å². The summed E-state index contributed by atoms with van der Waals surface area (Å²) < 4.78 is 2.56. The van der Waals surface area contributed by atoms with Gasteiger partial charge in [-0.25, -0.2) is 0 Å². The molecule has 2 heteroatoms. The van der Waals surface area contributed by atoms with E-state index in [9.17, 15) is 0 Å². The van der Waals surface area contributed by atoms with E-state index in [0.717, 1.165) is 0 Å². The van der Waals surface area contributed by atoms with E-state index in [-0.39, 0.29) is 0 Å². The molecule has 4 aromatic rings. The van der Waals surface area contributed by atoms with E-state index in [4.69, 9.17) is 0 Å². The Kier molecular flexibility index (Phi) is 3.28. The van der Waals surface area contributed by atoms with Gasteiger partial charge in [-0.1, -0.05) is 79.7 Å². The molecule has 2 heterocycles. The van der Waals surface area contributed by atoms with Gasteiger partial charge in [0.15, 0.2) is 0 Å². The molecule has 0 saturated heterocycles. The van der Waals surface area contributed by atoms with Crippen LogP contribution >= 0.6 is 0 Å². The van der Waals surface area contributed by atoms with Crippen LogP contribution in [0.5, 0.6) is 0 Å². The number of aromatic nitrogens is 1. The maximum atomic E-state index is 2.56. The molecule has 1 atom stereocenters. The highest BCUT2D eigenvalue weighted by Gasteiger charge is 2.44. The largest absolute Gasteiger partial charge is 0.317 e. The van der Waals surface area contributed by atoms with Crippen molar-refractivity contribution in [1.82, 2.24) is 4.57 Å². The summed E-state index contributed by atoms with van der Waals surface area (Å²) >= 11 is 0. The summed E-state index contributed by atoms with van der Waals surface area (Å²) in [4.78, 5) is 0. The number of benzene rings is 3. The molecular weight excluding hydrogens is 330 g/mol. The summed E-state index contributed by atoms with van der Waals surface area (Å²) in [6.07, 6.45) is 0. The number of hydrogen-bond acceptors (Lipinski definition) is 0. The molecule has 5 rings (SSSR count). The van der Waals surface area contributed by atoms with Gasteiger partial charge in [-0.15, -0.1) is 0 Å². The van der Waals surface area contributed by atoms with Crippen LogP contribution < -0.4 is 10.5 Å². The van der Waals surface area contributed by atoms with E-state index in [0.29, 0.717) is 0 Å². The van der Waals surface area contributed by atoms with Crippen LogP contribution in [0.2, 0.25) is 12.6 Å². The van der Waals surface area contributed by atoms with Crippen molar-refractivity contribution >= 4 is 29.5 Å². The molecule has 0 N–H and O–H groups in total. The molecule has 0 unspecified atom stereocenters. The van der Waals surface area contributed by atoms with Gasteiger partial charge < -0.3 is 4.57 Å². The van der Waals surface area contributed by atoms with E-state index >= 15 is 0 Å². The third-order valence-electron chi connectivity index (χ3n) is 6.19. The predicted octanol–water partition coefficient (Wildman–Crippen LogP) is 5.13. The number of fused-ring (bicyclic) bond motifs is 5. The molecule has 0 spiro atoms. The molecule has 0 aliphatic carbocycles. The van der Waals surface area contributed by atoms with Gasteiger partial charge in [0, 0.05) is 22.0 Å². The molecule has 0 fully saturated rings. The molecule has 26 heavy (non-hydrogen) atoms. The van der Waals surface area contributed by atoms with Crippen molar-refractivity contribution < 1.29 is 0 Å². The van der Waals surface area contributed by atoms with Crippen molar-refractivity contribution in [3.63, 3.8) is 0 Å². The van der Waals surface area contributed by atoms with Gasteiger partial charge in [0.1, 0.15) is 8.07 Å². The fourth-order valence-corrected chi connectivity index (χ4v) is 8.47. The van der Waals surface area contributed by atoms with Crippen molar-refractivity contribution in [2.45, 2.75) is 26.4 Å². The zero-order chi connectivity index (χ0) is 17.9. The minimum absolute atomic E-state index is 1.22. The lowest BCUT2D eigenvalue weighted by atomic mass is 10.1. The number of hydrogen-bond donors (Lipinski definition) is 0. The molecule has 0 amide bonds. The Morgan fingerprint density at radius 3 is 2.31 bits per heavy atom. The average Bonchev–Trinajstić information content (AvgIpc) is 3.15. The van der Waals surface area contributed by atoms with Crippen LogP contribution in [0.25, 0.3) is 27.7 Å². The first-order valence-electron chi connectivity index (χ1n) is 9.46. The number of aryl methyl sites for hydroxylation is 1. The quantitative estimate of drug-likeness (QED) is 0.440. The van der Waals surface area contributed by atoms with Crippen molar-refractivity contribution in [3.05, 3.63) is 78.4 Å². The minimum Gasteiger partial charge on any atom is -0.317 e. The first kappa shape index (κ1) is 15.7. The van der Waals surface area contributed by atoms with Crippen LogP contribution in [0.1, 0.15) is 12.5 Å². The second kappa shape index (κ2) is 5.45. The highest BCUT2D eigenvalue weighted by atomic mass is 28.3. The lowest BCUT2D eigenvalue weighted by molar-refractivity contribution is 1.15. The topological polar surface area (TPSA) is 4.93 Å². The molecule has 1 aliphatic heterocycles. The van der Waals surface area contributed by atoms with Crippen LogP contribution in [0, 0.1) is 6.92 Å². The van der Waals surface area contributed by atoms with Crippen LogP contribution in [-0.2, 0) is 0 Å². The Morgan fingerprint density at radius 2 is 1.54 bits per heavy atom. The third kappa shape index (κ3) is 1.91. The first-order chi connectivity index (χ1) is 12.6. The summed E-state index contributed by atoms with van der Waals surface area (Å²) in [6.45, 7) is 7.07. The number of rotatable bonds is 2. The molecule has 1 aromatic heterocycles. The lowest BCUT2D eigenvalue weighted by Gasteiger charge is -2.25. The Bertz CT molecular complexity index is 1140. The predicted molar refractivity (Wildman–Crippen MR) is 115 cm³/mol. The highest BCUT2D eigenvalue weighted by molar-refractivity contribution is 7.04. The second-order valence-corrected chi connectivity index (χ2v) is 12.0. The van der Waals surface area contributed by atoms with Crippen molar-refractivity contribution in [3.8, 4) is 16.8 Å². The van der Waals surface area contributed by atoms with Crippen LogP contribution in [0.15, 0.2) is 72.8 Å². The average molecular weight is 354 g/mol. The maximum Gasteiger partial charge on any atom is 0.137 e. The standard InChI is InChI=1S/C24H23NSi/c1-4-26(3)22-12-8-6-10-20(22)23-19-9-5-7-11-21(19)25(24(23)26)18-15-13-17(2)14-16-18/h5-16H,4H2,1-3H3/t26-/m0/s1. The first-order valence-corrected chi connectivity index (χ1v) is 12.2. The zero-order valence-corrected chi connectivity index (χ0v) is 16.6.